The highest BCUT2D eigenvalue weighted by atomic mass is 16.1. The molecule has 0 unspecified atom stereocenters. The second-order valence-corrected chi connectivity index (χ2v) is 6.73. The lowest BCUT2D eigenvalue weighted by Gasteiger charge is -2.26. The van der Waals surface area contributed by atoms with Crippen LogP contribution in [0.25, 0.3) is 0 Å². The topological polar surface area (TPSA) is 55.1 Å². The van der Waals surface area contributed by atoms with E-state index in [0.717, 1.165) is 25.9 Å². The molecule has 0 rings (SSSR count). The summed E-state index contributed by atoms with van der Waals surface area (Å²) in [4.78, 5) is 11.7. The van der Waals surface area contributed by atoms with Crippen LogP contribution in [0.2, 0.25) is 0 Å². The molecule has 1 amide bonds. The number of nitrogens with two attached hydrogens (primary N) is 1. The zero-order valence-corrected chi connectivity index (χ0v) is 13.4. The van der Waals surface area contributed by atoms with E-state index >= 15 is 0 Å². The summed E-state index contributed by atoms with van der Waals surface area (Å²) in [5.41, 5.74) is 5.66. The SMILES string of the molecule is C[C@@H](CC(=O)NCCCCCCCCN)C(C)(C)C. The van der Waals surface area contributed by atoms with Crippen molar-refractivity contribution < 1.29 is 4.79 Å². The molecule has 0 saturated heterocycles. The maximum absolute atomic E-state index is 11.7. The summed E-state index contributed by atoms with van der Waals surface area (Å²) in [5.74, 6) is 0.620. The number of amides is 1. The third kappa shape index (κ3) is 11.0. The minimum atomic E-state index is 0.200. The summed E-state index contributed by atoms with van der Waals surface area (Å²) in [6.07, 6.45) is 7.85. The van der Waals surface area contributed by atoms with Gasteiger partial charge in [-0.1, -0.05) is 53.4 Å². The fourth-order valence-electron chi connectivity index (χ4n) is 1.86. The number of unbranched alkanes of at least 4 members (excludes halogenated alkanes) is 5. The number of hydrogen-bond donors (Lipinski definition) is 2. The third-order valence-corrected chi connectivity index (χ3v) is 3.92. The van der Waals surface area contributed by atoms with Gasteiger partial charge in [-0.25, -0.2) is 0 Å². The second-order valence-electron chi connectivity index (χ2n) is 6.73. The van der Waals surface area contributed by atoms with Gasteiger partial charge in [-0.15, -0.1) is 0 Å². The van der Waals surface area contributed by atoms with Gasteiger partial charge >= 0.3 is 0 Å². The van der Waals surface area contributed by atoms with Crippen molar-refractivity contribution in [3.8, 4) is 0 Å². The lowest BCUT2D eigenvalue weighted by molar-refractivity contribution is -0.122. The molecule has 3 nitrogen and oxygen atoms in total. The van der Waals surface area contributed by atoms with Gasteiger partial charge in [-0.05, 0) is 30.7 Å². The van der Waals surface area contributed by atoms with E-state index < -0.39 is 0 Å². The highest BCUT2D eigenvalue weighted by molar-refractivity contribution is 5.76. The van der Waals surface area contributed by atoms with E-state index in [0.29, 0.717) is 12.3 Å². The average molecular weight is 270 g/mol. The molecule has 0 aliphatic heterocycles. The van der Waals surface area contributed by atoms with E-state index in [1.54, 1.807) is 0 Å². The van der Waals surface area contributed by atoms with Crippen molar-refractivity contribution in [3.63, 3.8) is 0 Å². The molecule has 0 spiro atoms. The molecule has 0 saturated carbocycles. The molecule has 0 aromatic rings. The van der Waals surface area contributed by atoms with Crippen molar-refractivity contribution in [2.24, 2.45) is 17.1 Å². The highest BCUT2D eigenvalue weighted by Gasteiger charge is 2.22. The molecule has 0 bridgehead atoms. The molecular weight excluding hydrogens is 236 g/mol. The van der Waals surface area contributed by atoms with Gasteiger partial charge in [0, 0.05) is 13.0 Å². The maximum atomic E-state index is 11.7. The average Bonchev–Trinajstić information content (AvgIpc) is 2.31. The van der Waals surface area contributed by atoms with Crippen molar-refractivity contribution in [2.45, 2.75) is 72.6 Å². The van der Waals surface area contributed by atoms with Crippen molar-refractivity contribution in [1.29, 1.82) is 0 Å². The largest absolute Gasteiger partial charge is 0.356 e. The monoisotopic (exact) mass is 270 g/mol. The Morgan fingerprint density at radius 1 is 1.05 bits per heavy atom. The van der Waals surface area contributed by atoms with Crippen LogP contribution in [-0.2, 0) is 4.79 Å². The first-order valence-corrected chi connectivity index (χ1v) is 7.84. The van der Waals surface area contributed by atoms with Gasteiger partial charge in [-0.3, -0.25) is 4.79 Å². The van der Waals surface area contributed by atoms with Gasteiger partial charge in [0.1, 0.15) is 0 Å². The molecule has 0 heterocycles. The summed E-state index contributed by atoms with van der Waals surface area (Å²) < 4.78 is 0. The van der Waals surface area contributed by atoms with Gasteiger partial charge in [0.05, 0.1) is 0 Å². The molecule has 0 fully saturated rings. The molecule has 0 aliphatic rings. The summed E-state index contributed by atoms with van der Waals surface area (Å²) in [6, 6.07) is 0. The zero-order valence-electron chi connectivity index (χ0n) is 13.4. The summed E-state index contributed by atoms with van der Waals surface area (Å²) in [5, 5.41) is 3.03. The highest BCUT2D eigenvalue weighted by Crippen LogP contribution is 2.27. The molecule has 19 heavy (non-hydrogen) atoms. The van der Waals surface area contributed by atoms with Gasteiger partial charge in [0.15, 0.2) is 0 Å². The summed E-state index contributed by atoms with van der Waals surface area (Å²) in [6.45, 7) is 10.3. The fraction of sp³-hybridized carbons (Fsp3) is 0.938. The zero-order chi connectivity index (χ0) is 14.7. The first-order valence-electron chi connectivity index (χ1n) is 7.84. The number of carbonyl (C=O) groups excluding carboxylic acids is 1. The molecule has 1 atom stereocenters. The first kappa shape index (κ1) is 18.4. The number of nitrogens with one attached hydrogen (secondary N) is 1. The Morgan fingerprint density at radius 2 is 1.58 bits per heavy atom. The first-order chi connectivity index (χ1) is 8.88. The standard InChI is InChI=1S/C16H34N2O/c1-14(16(2,3)4)13-15(19)18-12-10-8-6-5-7-9-11-17/h14H,5-13,17H2,1-4H3,(H,18,19)/t14-/m0/s1. The van der Waals surface area contributed by atoms with Crippen molar-refractivity contribution in [1.82, 2.24) is 5.32 Å². The normalized spacial score (nSPS) is 13.3. The van der Waals surface area contributed by atoms with Crippen molar-refractivity contribution in [3.05, 3.63) is 0 Å². The van der Waals surface area contributed by atoms with Crippen LogP contribution >= 0.6 is 0 Å². The van der Waals surface area contributed by atoms with E-state index in [4.69, 9.17) is 5.73 Å². The van der Waals surface area contributed by atoms with E-state index in [9.17, 15) is 4.79 Å². The van der Waals surface area contributed by atoms with Crippen LogP contribution < -0.4 is 11.1 Å². The van der Waals surface area contributed by atoms with Crippen LogP contribution in [0.4, 0.5) is 0 Å². The lowest BCUT2D eigenvalue weighted by atomic mass is 9.80. The van der Waals surface area contributed by atoms with E-state index in [1.807, 2.05) is 0 Å². The molecule has 0 aromatic heterocycles. The number of carbonyl (C=O) groups is 1. The second kappa shape index (κ2) is 10.2. The van der Waals surface area contributed by atoms with Crippen LogP contribution in [0.5, 0.6) is 0 Å². The van der Waals surface area contributed by atoms with Crippen LogP contribution in [0, 0.1) is 11.3 Å². The van der Waals surface area contributed by atoms with Gasteiger partial charge in [-0.2, -0.15) is 0 Å². The van der Waals surface area contributed by atoms with Gasteiger partial charge in [0.2, 0.25) is 5.91 Å². The molecule has 0 radical (unpaired) electrons. The molecular formula is C16H34N2O. The Kier molecular flexibility index (Phi) is 9.94. The maximum Gasteiger partial charge on any atom is 0.220 e. The quantitative estimate of drug-likeness (QED) is 0.597. The summed E-state index contributed by atoms with van der Waals surface area (Å²) >= 11 is 0. The Labute approximate surface area is 119 Å². The van der Waals surface area contributed by atoms with Gasteiger partial charge < -0.3 is 11.1 Å². The van der Waals surface area contributed by atoms with E-state index in [-0.39, 0.29) is 11.3 Å². The van der Waals surface area contributed by atoms with Crippen molar-refractivity contribution in [2.75, 3.05) is 13.1 Å². The predicted molar refractivity (Wildman–Crippen MR) is 83.0 cm³/mol. The Morgan fingerprint density at radius 3 is 2.11 bits per heavy atom. The Balaban J connectivity index is 3.44. The molecule has 0 aromatic carbocycles. The minimum absolute atomic E-state index is 0.200. The van der Waals surface area contributed by atoms with Crippen LogP contribution in [0.15, 0.2) is 0 Å². The van der Waals surface area contributed by atoms with Crippen LogP contribution in [-0.4, -0.2) is 19.0 Å². The minimum Gasteiger partial charge on any atom is -0.356 e. The third-order valence-electron chi connectivity index (χ3n) is 3.92. The van der Waals surface area contributed by atoms with Gasteiger partial charge in [0.25, 0.3) is 0 Å². The predicted octanol–water partition coefficient (Wildman–Crippen LogP) is 3.47. The number of rotatable bonds is 10. The fourth-order valence-corrected chi connectivity index (χ4v) is 1.86. The molecule has 114 valence electrons. The van der Waals surface area contributed by atoms with Crippen LogP contribution in [0.3, 0.4) is 0 Å². The smallest absolute Gasteiger partial charge is 0.220 e. The Bertz CT molecular complexity index is 233. The number of hydrogen-bond acceptors (Lipinski definition) is 2. The van der Waals surface area contributed by atoms with E-state index in [1.165, 1.54) is 25.7 Å². The molecule has 3 N–H and O–H groups in total. The lowest BCUT2D eigenvalue weighted by Crippen LogP contribution is -2.29. The Hall–Kier alpha value is -0.570. The molecule has 0 aliphatic carbocycles. The van der Waals surface area contributed by atoms with Crippen LogP contribution in [0.1, 0.15) is 72.6 Å². The summed E-state index contributed by atoms with van der Waals surface area (Å²) in [7, 11) is 0. The van der Waals surface area contributed by atoms with Crippen molar-refractivity contribution >= 4 is 5.91 Å². The molecule has 3 heteroatoms. The van der Waals surface area contributed by atoms with E-state index in [2.05, 4.69) is 33.0 Å².